The molecule has 0 radical (unpaired) electrons. The number of hydrogen-bond donors (Lipinski definition) is 2. The van der Waals surface area contributed by atoms with Gasteiger partial charge in [-0.2, -0.15) is 0 Å². The molecule has 1 aliphatic heterocycles. The van der Waals surface area contributed by atoms with Crippen molar-refractivity contribution in [2.24, 2.45) is 10.9 Å². The highest BCUT2D eigenvalue weighted by Crippen LogP contribution is 2.20. The van der Waals surface area contributed by atoms with Crippen LogP contribution < -0.4 is 10.6 Å². The number of piperidine rings is 1. The van der Waals surface area contributed by atoms with Gasteiger partial charge < -0.3 is 15.2 Å². The molecule has 2 aromatic heterocycles. The van der Waals surface area contributed by atoms with Crippen molar-refractivity contribution < 1.29 is 4.52 Å². The molecule has 148 valence electrons. The Morgan fingerprint density at radius 3 is 3.04 bits per heavy atom. The van der Waals surface area contributed by atoms with Gasteiger partial charge in [0.2, 0.25) is 0 Å². The molecule has 27 heavy (non-hydrogen) atoms. The van der Waals surface area contributed by atoms with Gasteiger partial charge in [-0.05, 0) is 42.7 Å². The molecule has 6 nitrogen and oxygen atoms in total. The molecule has 1 unspecified atom stereocenters. The lowest BCUT2D eigenvalue weighted by Gasteiger charge is -2.32. The second-order valence-electron chi connectivity index (χ2n) is 7.50. The minimum Gasteiger partial charge on any atom is -0.359 e. The van der Waals surface area contributed by atoms with Crippen LogP contribution in [0.4, 0.5) is 0 Å². The molecule has 0 amide bonds. The molecule has 0 aliphatic carbocycles. The summed E-state index contributed by atoms with van der Waals surface area (Å²) in [6.07, 6.45) is 2.53. The van der Waals surface area contributed by atoms with E-state index in [-0.39, 0.29) is 0 Å². The Balaban J connectivity index is 1.41. The molecule has 3 rings (SSSR count). The molecule has 3 heterocycles. The first-order chi connectivity index (χ1) is 13.1. The lowest BCUT2D eigenvalue weighted by atomic mass is 9.98. The fourth-order valence-electron chi connectivity index (χ4n) is 3.40. The van der Waals surface area contributed by atoms with E-state index in [4.69, 9.17) is 4.52 Å². The third-order valence-corrected chi connectivity index (χ3v) is 5.80. The summed E-state index contributed by atoms with van der Waals surface area (Å²) >= 11 is 1.85. The maximum Gasteiger partial charge on any atom is 0.191 e. The van der Waals surface area contributed by atoms with Gasteiger partial charge in [0.1, 0.15) is 0 Å². The van der Waals surface area contributed by atoms with E-state index in [1.807, 2.05) is 17.4 Å². The van der Waals surface area contributed by atoms with Gasteiger partial charge in [-0.25, -0.2) is 0 Å². The number of aliphatic imine (C=N–C) groups is 1. The second kappa shape index (κ2) is 9.90. The molecule has 0 spiro atoms. The van der Waals surface area contributed by atoms with E-state index in [0.717, 1.165) is 37.0 Å². The van der Waals surface area contributed by atoms with E-state index in [1.54, 1.807) is 7.05 Å². The monoisotopic (exact) mass is 389 g/mol. The van der Waals surface area contributed by atoms with Crippen molar-refractivity contribution in [2.75, 3.05) is 26.7 Å². The molecule has 7 heteroatoms. The number of guanidine groups is 1. The standard InChI is InChI=1S/C20H31N5OS/c1-15(2)19-10-17(26-24-19)12-23-20(21-3)22-11-16-6-4-8-25(13-16)14-18-7-5-9-27-18/h5,7,9-10,15-16H,4,6,8,11-14H2,1-3H3,(H2,21,22,23). The van der Waals surface area contributed by atoms with Crippen LogP contribution in [0.15, 0.2) is 33.1 Å². The van der Waals surface area contributed by atoms with Gasteiger partial charge >= 0.3 is 0 Å². The summed E-state index contributed by atoms with van der Waals surface area (Å²) in [6.45, 7) is 9.17. The molecule has 0 bridgehead atoms. The topological polar surface area (TPSA) is 65.7 Å². The van der Waals surface area contributed by atoms with Gasteiger partial charge in [0, 0.05) is 37.6 Å². The van der Waals surface area contributed by atoms with Gasteiger partial charge in [0.25, 0.3) is 0 Å². The largest absolute Gasteiger partial charge is 0.359 e. The van der Waals surface area contributed by atoms with Gasteiger partial charge in [0.15, 0.2) is 11.7 Å². The lowest BCUT2D eigenvalue weighted by molar-refractivity contribution is 0.169. The average molecular weight is 390 g/mol. The molecule has 1 fully saturated rings. The number of hydrogen-bond acceptors (Lipinski definition) is 5. The highest BCUT2D eigenvalue weighted by atomic mass is 32.1. The third kappa shape index (κ3) is 6.07. The van der Waals surface area contributed by atoms with Crippen LogP contribution in [0.2, 0.25) is 0 Å². The molecule has 0 aromatic carbocycles. The number of likely N-dealkylation sites (tertiary alicyclic amines) is 1. The normalized spacial score (nSPS) is 18.8. The summed E-state index contributed by atoms with van der Waals surface area (Å²) < 4.78 is 5.38. The molecule has 0 saturated carbocycles. The van der Waals surface area contributed by atoms with E-state index in [0.29, 0.717) is 18.4 Å². The smallest absolute Gasteiger partial charge is 0.191 e. The predicted molar refractivity (Wildman–Crippen MR) is 111 cm³/mol. The third-order valence-electron chi connectivity index (χ3n) is 4.94. The quantitative estimate of drug-likeness (QED) is 0.561. The lowest BCUT2D eigenvalue weighted by Crippen LogP contribution is -2.44. The number of nitrogens with zero attached hydrogens (tertiary/aromatic N) is 3. The molecule has 1 saturated heterocycles. The highest BCUT2D eigenvalue weighted by Gasteiger charge is 2.20. The van der Waals surface area contributed by atoms with Gasteiger partial charge in [0.05, 0.1) is 12.2 Å². The Kier molecular flexibility index (Phi) is 7.29. The Bertz CT molecular complexity index is 710. The van der Waals surface area contributed by atoms with E-state index < -0.39 is 0 Å². The molecular formula is C20H31N5OS. The van der Waals surface area contributed by atoms with Crippen LogP contribution in [0.1, 0.15) is 48.9 Å². The number of rotatable bonds is 7. The van der Waals surface area contributed by atoms with Crippen molar-refractivity contribution in [1.29, 1.82) is 0 Å². The Morgan fingerprint density at radius 2 is 2.33 bits per heavy atom. The van der Waals surface area contributed by atoms with Crippen LogP contribution in [0.3, 0.4) is 0 Å². The summed E-state index contributed by atoms with van der Waals surface area (Å²) in [5, 5.41) is 13.0. The van der Waals surface area contributed by atoms with Crippen LogP contribution in [0, 0.1) is 5.92 Å². The van der Waals surface area contributed by atoms with E-state index in [1.165, 1.54) is 24.3 Å². The predicted octanol–water partition coefficient (Wildman–Crippen LogP) is 3.44. The van der Waals surface area contributed by atoms with Gasteiger partial charge in [-0.3, -0.25) is 9.89 Å². The van der Waals surface area contributed by atoms with Gasteiger partial charge in [-0.1, -0.05) is 25.1 Å². The van der Waals surface area contributed by atoms with Crippen LogP contribution in [0.25, 0.3) is 0 Å². The Morgan fingerprint density at radius 1 is 1.44 bits per heavy atom. The first kappa shape index (κ1) is 19.9. The van der Waals surface area contributed by atoms with E-state index in [9.17, 15) is 0 Å². The molecule has 2 N–H and O–H groups in total. The number of nitrogens with one attached hydrogen (secondary N) is 2. The fourth-order valence-corrected chi connectivity index (χ4v) is 4.15. The molecule has 1 aliphatic rings. The van der Waals surface area contributed by atoms with Gasteiger partial charge in [-0.15, -0.1) is 11.3 Å². The zero-order valence-electron chi connectivity index (χ0n) is 16.6. The van der Waals surface area contributed by atoms with Crippen LogP contribution in [0.5, 0.6) is 0 Å². The first-order valence-electron chi connectivity index (χ1n) is 9.78. The van der Waals surface area contributed by atoms with Crippen molar-refractivity contribution in [3.8, 4) is 0 Å². The number of thiophene rings is 1. The Hall–Kier alpha value is -1.86. The van der Waals surface area contributed by atoms with Crippen molar-refractivity contribution in [2.45, 2.75) is 45.7 Å². The molecule has 2 aromatic rings. The SMILES string of the molecule is CN=C(NCc1cc(C(C)C)no1)NCC1CCCN(Cc2cccs2)C1. The van der Waals surface area contributed by atoms with Crippen LogP contribution in [-0.4, -0.2) is 42.7 Å². The highest BCUT2D eigenvalue weighted by molar-refractivity contribution is 7.09. The summed E-state index contributed by atoms with van der Waals surface area (Å²) in [5.74, 6) is 2.67. The van der Waals surface area contributed by atoms with Crippen molar-refractivity contribution in [3.05, 3.63) is 39.9 Å². The summed E-state index contributed by atoms with van der Waals surface area (Å²) in [6, 6.07) is 6.37. The van der Waals surface area contributed by atoms with E-state index in [2.05, 4.69) is 57.0 Å². The fraction of sp³-hybridized carbons (Fsp3) is 0.600. The van der Waals surface area contributed by atoms with Crippen LogP contribution in [-0.2, 0) is 13.1 Å². The zero-order valence-corrected chi connectivity index (χ0v) is 17.4. The maximum absolute atomic E-state index is 5.38. The average Bonchev–Trinajstić information content (AvgIpc) is 3.34. The van der Waals surface area contributed by atoms with Crippen LogP contribution >= 0.6 is 11.3 Å². The van der Waals surface area contributed by atoms with E-state index >= 15 is 0 Å². The second-order valence-corrected chi connectivity index (χ2v) is 8.53. The summed E-state index contributed by atoms with van der Waals surface area (Å²) in [5.41, 5.74) is 0.989. The molecular weight excluding hydrogens is 358 g/mol. The van der Waals surface area contributed by atoms with Crippen molar-refractivity contribution >= 4 is 17.3 Å². The summed E-state index contributed by atoms with van der Waals surface area (Å²) in [7, 11) is 1.80. The maximum atomic E-state index is 5.38. The zero-order chi connectivity index (χ0) is 19.1. The minimum atomic E-state index is 0.378. The number of aromatic nitrogens is 1. The van der Waals surface area contributed by atoms with Crippen molar-refractivity contribution in [1.82, 2.24) is 20.7 Å². The minimum absolute atomic E-state index is 0.378. The first-order valence-corrected chi connectivity index (χ1v) is 10.7. The Labute approximate surface area is 166 Å². The van der Waals surface area contributed by atoms with Crippen molar-refractivity contribution in [3.63, 3.8) is 0 Å². The summed E-state index contributed by atoms with van der Waals surface area (Å²) in [4.78, 5) is 8.35. The molecule has 1 atom stereocenters.